The van der Waals surface area contributed by atoms with E-state index in [1.807, 2.05) is 109 Å². The van der Waals surface area contributed by atoms with E-state index in [1.165, 1.54) is 22.3 Å². The molecule has 10 N–H and O–H groups in total. The molecule has 4 unspecified atom stereocenters. The lowest BCUT2D eigenvalue weighted by atomic mass is 10.1. The molecule has 8 aliphatic heterocycles. The number of ether oxygens (including phenoxy) is 4. The van der Waals surface area contributed by atoms with Crippen LogP contribution in [0.1, 0.15) is 119 Å². The summed E-state index contributed by atoms with van der Waals surface area (Å²) >= 11 is 0. The third-order valence-corrected chi connectivity index (χ3v) is 21.2. The standard InChI is InChI=1S/2C24H25N3O4.C24H25N3O3.C19H20N2O.C5H7NO3.CH3F/c2*28-23-12-11-22(27(23)30)24(29)25-21-9-7-19(8-10-21)2-1-18-3-5-20(6-4-18)17-26-13-15-31-16-14-26;28-23-12-11-22(26-23)24(29)25-21-9-7-19(8-10-21)2-1-18-3-5-20(6-4-18)17-27-13-15-30-16-14-27;20-19-9-7-17(8-10-19)2-1-16-3-5-18(6-4-16)15-21-11-13-22-14-12-21;7-4-2-1-3(6-4)5(8)9;1-2/h2*3-10,22,30H,11-17H2,(H,25,29);3-10,22H,11-17H2,(H,25,29)(H,26,28);3-10H,11-15,20H2;3H,1-2H2,(H,6,7)(H,8,9);1H3/i;;;;;1D. The molecule has 0 spiro atoms. The second-order valence-corrected chi connectivity index (χ2v) is 30.4. The van der Waals surface area contributed by atoms with Gasteiger partial charge in [0, 0.05) is 171 Å². The number of carbonyl (C=O) groups is 8. The molecule has 28 heteroatoms. The number of nitrogen functional groups attached to an aromatic ring is 1. The van der Waals surface area contributed by atoms with Gasteiger partial charge in [-0.25, -0.2) is 14.9 Å². The van der Waals surface area contributed by atoms with E-state index in [0.717, 1.165) is 182 Å². The minimum atomic E-state index is -1.00. The number of benzene rings is 8. The zero-order chi connectivity index (χ0) is 88.8. The van der Waals surface area contributed by atoms with Crippen LogP contribution in [0.2, 0.25) is 0 Å². The van der Waals surface area contributed by atoms with Gasteiger partial charge in [-0.15, -0.1) is 0 Å². The number of alkyl halides is 1. The third kappa shape index (κ3) is 30.8. The number of nitrogens with one attached hydrogen (secondary N) is 5. The molecule has 650 valence electrons. The van der Waals surface area contributed by atoms with Crippen molar-refractivity contribution in [3.05, 3.63) is 261 Å². The summed E-state index contributed by atoms with van der Waals surface area (Å²) in [6.45, 7) is 18.1. The van der Waals surface area contributed by atoms with Gasteiger partial charge >= 0.3 is 5.97 Å². The molecule has 8 fully saturated rings. The van der Waals surface area contributed by atoms with Crippen molar-refractivity contribution in [2.75, 3.05) is 134 Å². The van der Waals surface area contributed by atoms with Gasteiger partial charge in [0.15, 0.2) is 0 Å². The lowest BCUT2D eigenvalue weighted by Gasteiger charge is -2.26. The first kappa shape index (κ1) is 91.3. The lowest BCUT2D eigenvalue weighted by molar-refractivity contribution is -0.168. The number of hydroxylamine groups is 4. The van der Waals surface area contributed by atoms with Gasteiger partial charge in [-0.3, -0.25) is 68.0 Å². The molecule has 0 aliphatic carbocycles. The average molecular weight is 1700 g/mol. The highest BCUT2D eigenvalue weighted by Gasteiger charge is 2.37. The van der Waals surface area contributed by atoms with Gasteiger partial charge in [-0.1, -0.05) is 95.9 Å². The van der Waals surface area contributed by atoms with Crippen LogP contribution in [0.3, 0.4) is 0 Å². The number of nitrogens with two attached hydrogens (primary N) is 1. The zero-order valence-electron chi connectivity index (χ0n) is 70.7. The first-order chi connectivity index (χ1) is 61.2. The van der Waals surface area contributed by atoms with Crippen molar-refractivity contribution in [2.24, 2.45) is 0 Å². The van der Waals surface area contributed by atoms with Crippen LogP contribution >= 0.6 is 0 Å². The normalized spacial score (nSPS) is 18.7. The van der Waals surface area contributed by atoms with Crippen molar-refractivity contribution in [2.45, 2.75) is 102 Å². The van der Waals surface area contributed by atoms with Crippen molar-refractivity contribution in [3.63, 3.8) is 0 Å². The van der Waals surface area contributed by atoms with E-state index < -0.39 is 60.9 Å². The van der Waals surface area contributed by atoms with Crippen molar-refractivity contribution >= 4 is 70.1 Å². The fraction of sp³-hybridized carbons (Fsp3) is 0.340. The summed E-state index contributed by atoms with van der Waals surface area (Å²) < 4.78 is 37.0. The van der Waals surface area contributed by atoms with Crippen LogP contribution in [-0.2, 0) is 83.5 Å². The Balaban J connectivity index is 0.000000157. The number of hydrogen-bond acceptors (Lipinski definition) is 19. The van der Waals surface area contributed by atoms with Crippen molar-refractivity contribution < 1.29 is 78.6 Å². The predicted octanol–water partition coefficient (Wildman–Crippen LogP) is 9.05. The Morgan fingerprint density at radius 3 is 0.824 bits per heavy atom. The number of nitrogens with zero attached hydrogens (tertiary/aromatic N) is 6. The van der Waals surface area contributed by atoms with Crippen molar-refractivity contribution in [1.29, 1.82) is 0 Å². The Kier molecular flexibility index (Phi) is 35.6. The Morgan fingerprint density at radius 2 is 0.608 bits per heavy atom. The molecule has 8 heterocycles. The summed E-state index contributed by atoms with van der Waals surface area (Å²) in [5.74, 6) is 22.2. The molecule has 4 atom stereocenters. The third-order valence-electron chi connectivity index (χ3n) is 21.2. The van der Waals surface area contributed by atoms with E-state index in [-0.39, 0.29) is 30.6 Å². The summed E-state index contributed by atoms with van der Waals surface area (Å²) in [6, 6.07) is 60.0. The highest BCUT2D eigenvalue weighted by molar-refractivity contribution is 6.00. The molecule has 8 aromatic rings. The minimum Gasteiger partial charge on any atom is -0.480 e. The molecular weight excluding hydrogens is 1590 g/mol. The SMILES string of the molecule is Nc1ccc(C#Cc2ccc(CN3CCOCC3)cc2)cc1.O=C(Nc1ccc(C#Cc2ccc(CN3CCOCC3)cc2)cc1)C1CCC(=O)N1O.O=C(Nc1ccc(C#Cc2ccc(CN3CCOCC3)cc2)cc1)C1CCC(=O)N1O.O=C1CCC(C(=O)Nc2ccc(C#Cc3ccc(CN4CCOCC4)cc3)cc2)N1.O=C1CCC(C(=O)O)N1.[2H]CF. The molecule has 0 radical (unpaired) electrons. The fourth-order valence-corrected chi connectivity index (χ4v) is 14.0. The molecule has 8 aromatic carbocycles. The van der Waals surface area contributed by atoms with Crippen LogP contribution in [0.4, 0.5) is 27.1 Å². The van der Waals surface area contributed by atoms with E-state index in [4.69, 9.17) is 31.2 Å². The molecule has 0 saturated carbocycles. The van der Waals surface area contributed by atoms with Crippen LogP contribution in [-0.4, -0.2) is 229 Å². The number of rotatable bonds is 15. The molecular formula is C97H105FN12O15. The first-order valence-electron chi connectivity index (χ1n) is 42.4. The number of morpholine rings is 4. The maximum absolute atomic E-state index is 12.2. The van der Waals surface area contributed by atoms with Crippen LogP contribution in [0, 0.1) is 47.4 Å². The van der Waals surface area contributed by atoms with Gasteiger partial charge in [-0.2, -0.15) is 0 Å². The number of anilines is 4. The average Bonchev–Trinajstić information content (AvgIpc) is 1.67. The summed E-state index contributed by atoms with van der Waals surface area (Å²) in [6.07, 6.45) is 2.70. The van der Waals surface area contributed by atoms with E-state index in [2.05, 4.69) is 154 Å². The largest absolute Gasteiger partial charge is 0.480 e. The molecule has 8 saturated heterocycles. The van der Waals surface area contributed by atoms with E-state index in [1.54, 1.807) is 24.3 Å². The minimum absolute atomic E-state index is 0.0742. The zero-order valence-corrected chi connectivity index (χ0v) is 69.7. The Morgan fingerprint density at radius 1 is 0.376 bits per heavy atom. The molecule has 0 bridgehead atoms. The number of hydrogen-bond donors (Lipinski definition) is 9. The van der Waals surface area contributed by atoms with Gasteiger partial charge < -0.3 is 56.4 Å². The van der Waals surface area contributed by atoms with Crippen LogP contribution < -0.4 is 32.3 Å². The Labute approximate surface area is 729 Å². The smallest absolute Gasteiger partial charge is 0.326 e. The van der Waals surface area contributed by atoms with Crippen LogP contribution in [0.25, 0.3) is 0 Å². The van der Waals surface area contributed by atoms with Crippen molar-refractivity contribution in [1.82, 2.24) is 40.4 Å². The van der Waals surface area contributed by atoms with Crippen LogP contribution in [0.5, 0.6) is 0 Å². The molecule has 16 rings (SSSR count). The van der Waals surface area contributed by atoms with E-state index in [0.29, 0.717) is 65.7 Å². The molecule has 7 amide bonds. The number of carboxylic acids is 1. The number of halogens is 1. The van der Waals surface area contributed by atoms with E-state index >= 15 is 0 Å². The molecule has 27 nitrogen and oxygen atoms in total. The topological polar surface area (TPSA) is 340 Å². The Bertz CT molecular complexity index is 5040. The van der Waals surface area contributed by atoms with Gasteiger partial charge in [0.2, 0.25) is 41.4 Å². The maximum Gasteiger partial charge on any atom is 0.326 e. The fourth-order valence-electron chi connectivity index (χ4n) is 14.0. The lowest BCUT2D eigenvalue weighted by Crippen LogP contribution is -2.39. The van der Waals surface area contributed by atoms with Gasteiger partial charge in [0.25, 0.3) is 0 Å². The summed E-state index contributed by atoms with van der Waals surface area (Å²) in [4.78, 5) is 101. The number of carbonyl (C=O) groups excluding carboxylic acids is 7. The highest BCUT2D eigenvalue weighted by Crippen LogP contribution is 2.23. The molecule has 125 heavy (non-hydrogen) atoms. The summed E-state index contributed by atoms with van der Waals surface area (Å²) in [5.41, 5.74) is 20.8. The quantitative estimate of drug-likeness (QED) is 0.0262. The predicted molar refractivity (Wildman–Crippen MR) is 470 cm³/mol. The summed E-state index contributed by atoms with van der Waals surface area (Å²) in [7, 11) is -1.00. The second-order valence-electron chi connectivity index (χ2n) is 30.4. The maximum atomic E-state index is 12.2. The van der Waals surface area contributed by atoms with Gasteiger partial charge in [0.1, 0.15) is 24.2 Å². The Hall–Kier alpha value is -12.9. The second kappa shape index (κ2) is 48.8. The van der Waals surface area contributed by atoms with Crippen LogP contribution in [0.15, 0.2) is 194 Å². The molecule has 8 aliphatic rings. The highest BCUT2D eigenvalue weighted by atomic mass is 19.1. The first-order valence-corrected chi connectivity index (χ1v) is 41.6. The van der Waals surface area contributed by atoms with Gasteiger partial charge in [0.05, 0.1) is 61.4 Å². The van der Waals surface area contributed by atoms with Gasteiger partial charge in [-0.05, 0) is 194 Å². The van der Waals surface area contributed by atoms with E-state index in [9.17, 15) is 53.2 Å². The monoisotopic (exact) mass is 1700 g/mol. The summed E-state index contributed by atoms with van der Waals surface area (Å²) in [5, 5.41) is 41.9. The number of aliphatic carboxylic acids is 1. The van der Waals surface area contributed by atoms with Crippen molar-refractivity contribution in [3.8, 4) is 47.4 Å². The number of amides is 7. The molecule has 0 aromatic heterocycles. The number of carboxylic acid groups (broad SMARTS) is 1.